The van der Waals surface area contributed by atoms with Gasteiger partial charge in [0.1, 0.15) is 0 Å². The molecule has 22 heavy (non-hydrogen) atoms. The van der Waals surface area contributed by atoms with Crippen molar-refractivity contribution in [1.82, 2.24) is 4.08 Å². The Hall–Kier alpha value is -1.08. The molecule has 0 aromatic heterocycles. The lowest BCUT2D eigenvalue weighted by Crippen LogP contribution is -2.24. The standard InChI is InChI=1S/C13H20N2O5PS/c1-5-11(4)15(22)21(18,19-6-2)20-13-9-10(3)7-8-12(13)14(16)17/h7-9,11H,5-6H2,1-4H3. The molecule has 9 heteroatoms. The van der Waals surface area contributed by atoms with Crippen LogP contribution in [0.3, 0.4) is 0 Å². The number of benzene rings is 1. The van der Waals surface area contributed by atoms with Gasteiger partial charge in [0.2, 0.25) is 5.75 Å². The van der Waals surface area contributed by atoms with Gasteiger partial charge < -0.3 is 4.52 Å². The first-order valence-corrected chi connectivity index (χ1v) is 8.77. The molecule has 0 saturated heterocycles. The zero-order valence-corrected chi connectivity index (χ0v) is 14.7. The minimum Gasteiger partial charge on any atom is -0.405 e. The molecule has 1 radical (unpaired) electrons. The topological polar surface area (TPSA) is 81.9 Å². The molecule has 0 aliphatic carbocycles. The van der Waals surface area contributed by atoms with E-state index in [1.54, 1.807) is 26.8 Å². The second-order valence-corrected chi connectivity index (χ2v) is 7.24. The molecule has 0 aliphatic rings. The van der Waals surface area contributed by atoms with Crippen molar-refractivity contribution in [3.63, 3.8) is 0 Å². The summed E-state index contributed by atoms with van der Waals surface area (Å²) in [6, 6.07) is 4.09. The highest BCUT2D eigenvalue weighted by Gasteiger charge is 2.38. The Kier molecular flexibility index (Phi) is 6.87. The van der Waals surface area contributed by atoms with Crippen LogP contribution in [-0.2, 0) is 9.09 Å². The van der Waals surface area contributed by atoms with Gasteiger partial charge in [0.25, 0.3) is 0 Å². The molecule has 1 aromatic carbocycles. The van der Waals surface area contributed by atoms with E-state index in [-0.39, 0.29) is 24.1 Å². The summed E-state index contributed by atoms with van der Waals surface area (Å²) in [7, 11) is -3.85. The quantitative estimate of drug-likeness (QED) is 0.387. The Balaban J connectivity index is 3.23. The predicted molar refractivity (Wildman–Crippen MR) is 86.9 cm³/mol. The molecule has 1 aromatic rings. The first-order chi connectivity index (χ1) is 10.2. The second-order valence-electron chi connectivity index (χ2n) is 4.77. The van der Waals surface area contributed by atoms with Gasteiger partial charge in [-0.15, -0.1) is 4.08 Å². The lowest BCUT2D eigenvalue weighted by Gasteiger charge is -2.28. The van der Waals surface area contributed by atoms with E-state index in [1.807, 2.05) is 6.92 Å². The van der Waals surface area contributed by atoms with Crippen molar-refractivity contribution < 1.29 is 18.5 Å². The van der Waals surface area contributed by atoms with Gasteiger partial charge in [-0.2, -0.15) is 0 Å². The van der Waals surface area contributed by atoms with Gasteiger partial charge in [-0.05, 0) is 38.8 Å². The molecular formula is C13H20N2O5PS. The number of rotatable bonds is 8. The number of hydrogen-bond donors (Lipinski definition) is 0. The summed E-state index contributed by atoms with van der Waals surface area (Å²) >= 11 is 5.15. The van der Waals surface area contributed by atoms with Gasteiger partial charge in [0, 0.05) is 24.9 Å². The zero-order valence-electron chi connectivity index (χ0n) is 13.0. The summed E-state index contributed by atoms with van der Waals surface area (Å²) in [5.41, 5.74) is 0.459. The molecule has 123 valence electrons. The highest BCUT2D eigenvalue weighted by atomic mass is 32.1. The number of nitro benzene ring substituents is 1. The van der Waals surface area contributed by atoms with Crippen molar-refractivity contribution in [3.05, 3.63) is 33.9 Å². The molecule has 0 bridgehead atoms. The van der Waals surface area contributed by atoms with E-state index in [2.05, 4.69) is 0 Å². The first kappa shape index (κ1) is 19.0. The van der Waals surface area contributed by atoms with Crippen LogP contribution in [0.5, 0.6) is 5.75 Å². The monoisotopic (exact) mass is 347 g/mol. The third kappa shape index (κ3) is 4.46. The molecule has 7 nitrogen and oxygen atoms in total. The molecule has 2 atom stereocenters. The summed E-state index contributed by atoms with van der Waals surface area (Å²) in [4.78, 5) is 10.5. The maximum absolute atomic E-state index is 12.9. The summed E-state index contributed by atoms with van der Waals surface area (Å²) in [5.74, 6) is -0.111. The van der Waals surface area contributed by atoms with Crippen LogP contribution in [0.1, 0.15) is 32.8 Å². The van der Waals surface area contributed by atoms with Crippen molar-refractivity contribution in [1.29, 1.82) is 0 Å². The van der Waals surface area contributed by atoms with Crippen LogP contribution < -0.4 is 4.52 Å². The normalized spacial score (nSPS) is 15.4. The van der Waals surface area contributed by atoms with Crippen molar-refractivity contribution in [2.24, 2.45) is 0 Å². The smallest absolute Gasteiger partial charge is 0.405 e. The van der Waals surface area contributed by atoms with Crippen molar-refractivity contribution in [2.75, 3.05) is 6.61 Å². The van der Waals surface area contributed by atoms with Crippen molar-refractivity contribution >= 4 is 26.2 Å². The fourth-order valence-corrected chi connectivity index (χ4v) is 3.66. The highest BCUT2D eigenvalue weighted by molar-refractivity contribution is 7.85. The van der Waals surface area contributed by atoms with Crippen LogP contribution in [0.25, 0.3) is 0 Å². The molecule has 0 aliphatic heterocycles. The maximum Gasteiger partial charge on any atom is 0.472 e. The van der Waals surface area contributed by atoms with Crippen LogP contribution in [0, 0.1) is 17.0 Å². The Morgan fingerprint density at radius 1 is 1.45 bits per heavy atom. The predicted octanol–water partition coefficient (Wildman–Crippen LogP) is 4.64. The minimum absolute atomic E-state index is 0.111. The van der Waals surface area contributed by atoms with Crippen LogP contribution >= 0.6 is 20.6 Å². The summed E-state index contributed by atoms with van der Waals surface area (Å²) in [6.45, 7) is 7.19. The molecule has 0 amide bonds. The van der Waals surface area contributed by atoms with E-state index >= 15 is 0 Å². The zero-order chi connectivity index (χ0) is 16.9. The van der Waals surface area contributed by atoms with E-state index < -0.39 is 12.7 Å². The maximum atomic E-state index is 12.9. The van der Waals surface area contributed by atoms with E-state index in [4.69, 9.17) is 21.9 Å². The molecule has 0 spiro atoms. The van der Waals surface area contributed by atoms with Crippen LogP contribution in [-0.4, -0.2) is 21.6 Å². The van der Waals surface area contributed by atoms with E-state index in [9.17, 15) is 14.7 Å². The van der Waals surface area contributed by atoms with Crippen LogP contribution in [0.4, 0.5) is 5.69 Å². The fourth-order valence-electron chi connectivity index (χ4n) is 1.65. The Morgan fingerprint density at radius 3 is 2.59 bits per heavy atom. The lowest BCUT2D eigenvalue weighted by atomic mass is 10.2. The average Bonchev–Trinajstić information content (AvgIpc) is 2.45. The molecule has 0 saturated carbocycles. The SMILES string of the molecule is CCOP(=O)(Oc1cc(C)ccc1[N+](=O)[O-])N([S])C(C)CC. The van der Waals surface area contributed by atoms with Crippen LogP contribution in [0.2, 0.25) is 0 Å². The Bertz CT molecular complexity index is 584. The highest BCUT2D eigenvalue weighted by Crippen LogP contribution is 2.55. The van der Waals surface area contributed by atoms with E-state index in [0.717, 1.165) is 9.64 Å². The number of nitro groups is 1. The number of aryl methyl sites for hydroxylation is 1. The third-order valence-corrected chi connectivity index (χ3v) is 5.88. The molecule has 0 N–H and O–H groups in total. The molecular weight excluding hydrogens is 327 g/mol. The summed E-state index contributed by atoms with van der Waals surface area (Å²) in [5, 5.41) is 11.1. The average molecular weight is 347 g/mol. The molecule has 0 heterocycles. The number of nitrogens with zero attached hydrogens (tertiary/aromatic N) is 2. The van der Waals surface area contributed by atoms with Crippen molar-refractivity contribution in [2.45, 2.75) is 40.2 Å². The largest absolute Gasteiger partial charge is 0.472 e. The van der Waals surface area contributed by atoms with Gasteiger partial charge >= 0.3 is 13.4 Å². The van der Waals surface area contributed by atoms with Crippen LogP contribution in [0.15, 0.2) is 18.2 Å². The first-order valence-electron chi connectivity index (χ1n) is 6.91. The Labute approximate surface area is 135 Å². The van der Waals surface area contributed by atoms with Gasteiger partial charge in [-0.1, -0.05) is 13.0 Å². The third-order valence-electron chi connectivity index (χ3n) is 3.03. The van der Waals surface area contributed by atoms with Gasteiger partial charge in [0.15, 0.2) is 0 Å². The summed E-state index contributed by atoms with van der Waals surface area (Å²) < 4.78 is 24.6. The lowest BCUT2D eigenvalue weighted by molar-refractivity contribution is -0.385. The molecule has 1 rings (SSSR count). The van der Waals surface area contributed by atoms with Crippen molar-refractivity contribution in [3.8, 4) is 5.75 Å². The molecule has 2 unspecified atom stereocenters. The fraction of sp³-hybridized carbons (Fsp3) is 0.538. The van der Waals surface area contributed by atoms with Gasteiger partial charge in [-0.3, -0.25) is 14.6 Å². The van der Waals surface area contributed by atoms with Gasteiger partial charge in [-0.25, -0.2) is 4.57 Å². The Morgan fingerprint density at radius 2 is 2.09 bits per heavy atom. The van der Waals surface area contributed by atoms with E-state index in [1.165, 1.54) is 12.1 Å². The second kappa shape index (κ2) is 7.97. The number of hydrogen-bond acceptors (Lipinski definition) is 5. The summed E-state index contributed by atoms with van der Waals surface area (Å²) in [6.07, 6.45) is 0.639. The van der Waals surface area contributed by atoms with Gasteiger partial charge in [0.05, 0.1) is 11.5 Å². The van der Waals surface area contributed by atoms with E-state index in [0.29, 0.717) is 6.42 Å². The minimum atomic E-state index is -3.85. The molecule has 0 fully saturated rings.